The summed E-state index contributed by atoms with van der Waals surface area (Å²) in [6, 6.07) is 8.63. The van der Waals surface area contributed by atoms with Gasteiger partial charge in [-0.25, -0.2) is 0 Å². The molecule has 0 aliphatic carbocycles. The highest BCUT2D eigenvalue weighted by atomic mass is 16.5. The predicted octanol–water partition coefficient (Wildman–Crippen LogP) is 2.38. The third kappa shape index (κ3) is 2.99. The van der Waals surface area contributed by atoms with E-state index in [2.05, 4.69) is 17.4 Å². The van der Waals surface area contributed by atoms with Crippen LogP contribution in [0.2, 0.25) is 0 Å². The van der Waals surface area contributed by atoms with Gasteiger partial charge in [0.25, 0.3) is 0 Å². The Kier molecular flexibility index (Phi) is 4.40. The van der Waals surface area contributed by atoms with Crippen LogP contribution in [-0.4, -0.2) is 27.4 Å². The van der Waals surface area contributed by atoms with E-state index >= 15 is 0 Å². The molecular weight excluding hydrogens is 214 g/mol. The summed E-state index contributed by atoms with van der Waals surface area (Å²) in [5, 5.41) is 3.40. The zero-order chi connectivity index (χ0) is 12.1. The van der Waals surface area contributed by atoms with Crippen LogP contribution >= 0.6 is 0 Å². The summed E-state index contributed by atoms with van der Waals surface area (Å²) in [5.41, 5.74) is 1.28. The van der Waals surface area contributed by atoms with Gasteiger partial charge in [-0.2, -0.15) is 0 Å². The average Bonchev–Trinajstić information content (AvgIpc) is 2.41. The Morgan fingerprint density at radius 2 is 2.35 bits per heavy atom. The topological polar surface area (TPSA) is 30.5 Å². The minimum atomic E-state index is 0.352. The fraction of sp³-hybridized carbons (Fsp3) is 0.571. The Morgan fingerprint density at radius 3 is 3.00 bits per heavy atom. The first-order chi connectivity index (χ1) is 8.35. The van der Waals surface area contributed by atoms with Gasteiger partial charge in [0.05, 0.1) is 13.7 Å². The molecule has 1 heterocycles. The zero-order valence-electron chi connectivity index (χ0n) is 10.6. The largest absolute Gasteiger partial charge is 0.497 e. The van der Waals surface area contributed by atoms with E-state index in [1.54, 1.807) is 7.11 Å². The van der Waals surface area contributed by atoms with Crippen molar-refractivity contribution in [2.75, 3.05) is 27.4 Å². The molecule has 2 atom stereocenters. The van der Waals surface area contributed by atoms with Gasteiger partial charge in [-0.15, -0.1) is 0 Å². The van der Waals surface area contributed by atoms with E-state index in [-0.39, 0.29) is 0 Å². The number of hydrogen-bond donors (Lipinski definition) is 1. The van der Waals surface area contributed by atoms with Crippen LogP contribution in [0.4, 0.5) is 0 Å². The van der Waals surface area contributed by atoms with Gasteiger partial charge in [-0.05, 0) is 37.6 Å². The normalized spacial score (nSPS) is 22.1. The third-order valence-electron chi connectivity index (χ3n) is 3.43. The molecule has 1 N–H and O–H groups in total. The molecule has 0 amide bonds. The SMILES string of the molecule is CNC(c1cccc(OC)c1)C1CCCOC1. The van der Waals surface area contributed by atoms with E-state index in [1.807, 2.05) is 19.2 Å². The summed E-state index contributed by atoms with van der Waals surface area (Å²) in [6.07, 6.45) is 2.38. The van der Waals surface area contributed by atoms with Crippen LogP contribution in [0.5, 0.6) is 5.75 Å². The summed E-state index contributed by atoms with van der Waals surface area (Å²) in [7, 11) is 3.72. The lowest BCUT2D eigenvalue weighted by Crippen LogP contribution is -2.31. The molecule has 1 aliphatic rings. The number of methoxy groups -OCH3 is 1. The third-order valence-corrected chi connectivity index (χ3v) is 3.43. The lowest BCUT2D eigenvalue weighted by Gasteiger charge is -2.30. The highest BCUT2D eigenvalue weighted by Crippen LogP contribution is 2.30. The van der Waals surface area contributed by atoms with Gasteiger partial charge in [0, 0.05) is 18.6 Å². The van der Waals surface area contributed by atoms with E-state index < -0.39 is 0 Å². The standard InChI is InChI=1S/C14H21NO2/c1-15-14(12-6-4-8-17-10-12)11-5-3-7-13(9-11)16-2/h3,5,7,9,12,14-15H,4,6,8,10H2,1-2H3. The Morgan fingerprint density at radius 1 is 1.47 bits per heavy atom. The van der Waals surface area contributed by atoms with Crippen molar-refractivity contribution < 1.29 is 9.47 Å². The van der Waals surface area contributed by atoms with Crippen molar-refractivity contribution in [3.8, 4) is 5.75 Å². The van der Waals surface area contributed by atoms with Crippen molar-refractivity contribution in [3.63, 3.8) is 0 Å². The van der Waals surface area contributed by atoms with E-state index in [4.69, 9.17) is 9.47 Å². The number of rotatable bonds is 4. The van der Waals surface area contributed by atoms with Crippen molar-refractivity contribution in [2.24, 2.45) is 5.92 Å². The highest BCUT2D eigenvalue weighted by Gasteiger charge is 2.24. The highest BCUT2D eigenvalue weighted by molar-refractivity contribution is 5.31. The molecule has 0 spiro atoms. The predicted molar refractivity (Wildman–Crippen MR) is 68.3 cm³/mol. The number of nitrogens with one attached hydrogen (secondary N) is 1. The van der Waals surface area contributed by atoms with E-state index in [0.29, 0.717) is 12.0 Å². The van der Waals surface area contributed by atoms with Gasteiger partial charge in [0.15, 0.2) is 0 Å². The first-order valence-electron chi connectivity index (χ1n) is 6.24. The summed E-state index contributed by atoms with van der Waals surface area (Å²) < 4.78 is 10.8. The minimum absolute atomic E-state index is 0.352. The second kappa shape index (κ2) is 6.03. The monoisotopic (exact) mass is 235 g/mol. The molecule has 1 aromatic rings. The maximum Gasteiger partial charge on any atom is 0.119 e. The van der Waals surface area contributed by atoms with E-state index in [0.717, 1.165) is 25.4 Å². The fourth-order valence-corrected chi connectivity index (χ4v) is 2.54. The van der Waals surface area contributed by atoms with Gasteiger partial charge in [0.2, 0.25) is 0 Å². The number of benzene rings is 1. The minimum Gasteiger partial charge on any atom is -0.497 e. The Bertz CT molecular complexity index is 348. The molecule has 1 fully saturated rings. The molecule has 3 nitrogen and oxygen atoms in total. The molecule has 94 valence electrons. The molecule has 3 heteroatoms. The van der Waals surface area contributed by atoms with Crippen molar-refractivity contribution in [3.05, 3.63) is 29.8 Å². The summed E-state index contributed by atoms with van der Waals surface area (Å²) in [6.45, 7) is 1.76. The Labute approximate surface area is 103 Å². The quantitative estimate of drug-likeness (QED) is 0.869. The molecule has 0 aromatic heterocycles. The Hall–Kier alpha value is -1.06. The van der Waals surface area contributed by atoms with E-state index in [9.17, 15) is 0 Å². The number of ether oxygens (including phenoxy) is 2. The number of hydrogen-bond acceptors (Lipinski definition) is 3. The molecule has 17 heavy (non-hydrogen) atoms. The summed E-state index contributed by atoms with van der Waals surface area (Å²) >= 11 is 0. The first-order valence-corrected chi connectivity index (χ1v) is 6.24. The zero-order valence-corrected chi connectivity index (χ0v) is 10.6. The lowest BCUT2D eigenvalue weighted by atomic mass is 9.89. The van der Waals surface area contributed by atoms with Crippen LogP contribution in [0.3, 0.4) is 0 Å². The van der Waals surface area contributed by atoms with Gasteiger partial charge in [-0.1, -0.05) is 12.1 Å². The molecule has 1 aliphatic heterocycles. The van der Waals surface area contributed by atoms with Crippen LogP contribution in [0.25, 0.3) is 0 Å². The molecular formula is C14H21NO2. The van der Waals surface area contributed by atoms with Crippen LogP contribution in [-0.2, 0) is 4.74 Å². The summed E-state index contributed by atoms with van der Waals surface area (Å²) in [4.78, 5) is 0. The van der Waals surface area contributed by atoms with Gasteiger partial charge < -0.3 is 14.8 Å². The van der Waals surface area contributed by atoms with Crippen LogP contribution in [0.1, 0.15) is 24.4 Å². The molecule has 1 aromatic carbocycles. The fourth-order valence-electron chi connectivity index (χ4n) is 2.54. The second-order valence-electron chi connectivity index (χ2n) is 4.52. The average molecular weight is 235 g/mol. The smallest absolute Gasteiger partial charge is 0.119 e. The van der Waals surface area contributed by atoms with Crippen LogP contribution < -0.4 is 10.1 Å². The van der Waals surface area contributed by atoms with Gasteiger partial charge in [-0.3, -0.25) is 0 Å². The maximum atomic E-state index is 5.57. The van der Waals surface area contributed by atoms with Crippen LogP contribution in [0.15, 0.2) is 24.3 Å². The molecule has 0 radical (unpaired) electrons. The van der Waals surface area contributed by atoms with Crippen molar-refractivity contribution >= 4 is 0 Å². The van der Waals surface area contributed by atoms with Crippen molar-refractivity contribution in [1.82, 2.24) is 5.32 Å². The van der Waals surface area contributed by atoms with E-state index in [1.165, 1.54) is 12.0 Å². The second-order valence-corrected chi connectivity index (χ2v) is 4.52. The lowest BCUT2D eigenvalue weighted by molar-refractivity contribution is 0.0401. The summed E-state index contributed by atoms with van der Waals surface area (Å²) in [5.74, 6) is 1.47. The van der Waals surface area contributed by atoms with Crippen molar-refractivity contribution in [1.29, 1.82) is 0 Å². The molecule has 2 unspecified atom stereocenters. The first kappa shape index (κ1) is 12.4. The van der Waals surface area contributed by atoms with Crippen LogP contribution in [0, 0.1) is 5.92 Å². The van der Waals surface area contributed by atoms with Gasteiger partial charge >= 0.3 is 0 Å². The Balaban J connectivity index is 2.15. The van der Waals surface area contributed by atoms with Crippen molar-refractivity contribution in [2.45, 2.75) is 18.9 Å². The molecule has 0 saturated carbocycles. The maximum absolute atomic E-state index is 5.57. The van der Waals surface area contributed by atoms with Gasteiger partial charge in [0.1, 0.15) is 5.75 Å². The molecule has 2 rings (SSSR count). The molecule has 0 bridgehead atoms. The molecule has 1 saturated heterocycles.